The van der Waals surface area contributed by atoms with Gasteiger partial charge in [-0.1, -0.05) is 36.0 Å². The first-order valence-electron chi connectivity index (χ1n) is 7.79. The third-order valence-electron chi connectivity index (χ3n) is 3.78. The molecular formula is C19H17N3O2S. The van der Waals surface area contributed by atoms with Crippen molar-refractivity contribution in [1.82, 2.24) is 10.2 Å². The van der Waals surface area contributed by atoms with Crippen molar-refractivity contribution in [2.24, 2.45) is 0 Å². The summed E-state index contributed by atoms with van der Waals surface area (Å²) >= 11 is 1.40. The van der Waals surface area contributed by atoms with Crippen LogP contribution in [0, 0.1) is 25.2 Å². The summed E-state index contributed by atoms with van der Waals surface area (Å²) < 4.78 is 11.3. The average molecular weight is 351 g/mol. The lowest BCUT2D eigenvalue weighted by molar-refractivity contribution is 0.252. The van der Waals surface area contributed by atoms with E-state index in [4.69, 9.17) is 14.4 Å². The molecule has 2 aromatic carbocycles. The van der Waals surface area contributed by atoms with Crippen LogP contribution in [0.3, 0.4) is 0 Å². The topological polar surface area (TPSA) is 71.9 Å². The molecule has 3 aromatic rings. The van der Waals surface area contributed by atoms with Crippen molar-refractivity contribution in [2.45, 2.75) is 31.4 Å². The van der Waals surface area contributed by atoms with Crippen molar-refractivity contribution in [3.63, 3.8) is 0 Å². The van der Waals surface area contributed by atoms with Gasteiger partial charge in [0.25, 0.3) is 11.1 Å². The fraction of sp³-hybridized carbons (Fsp3) is 0.211. The maximum atomic E-state index is 9.11. The molecule has 0 saturated carbocycles. The summed E-state index contributed by atoms with van der Waals surface area (Å²) in [6, 6.07) is 15.6. The molecule has 0 spiro atoms. The number of aryl methyl sites for hydroxylation is 2. The molecule has 0 fully saturated rings. The number of ether oxygens (including phenoxy) is 1. The molecule has 0 unspecified atom stereocenters. The van der Waals surface area contributed by atoms with E-state index < -0.39 is 0 Å². The van der Waals surface area contributed by atoms with E-state index in [0.29, 0.717) is 22.4 Å². The molecule has 25 heavy (non-hydrogen) atoms. The number of benzene rings is 2. The molecule has 0 amide bonds. The van der Waals surface area contributed by atoms with Gasteiger partial charge in [0.1, 0.15) is 5.75 Å². The van der Waals surface area contributed by atoms with Gasteiger partial charge in [0.2, 0.25) is 0 Å². The van der Waals surface area contributed by atoms with Crippen LogP contribution in [-0.4, -0.2) is 10.2 Å². The van der Waals surface area contributed by atoms with Crippen LogP contribution in [0.4, 0.5) is 0 Å². The molecule has 0 aliphatic carbocycles. The Hall–Kier alpha value is -2.78. The highest BCUT2D eigenvalue weighted by molar-refractivity contribution is 7.98. The van der Waals surface area contributed by atoms with Crippen molar-refractivity contribution in [2.75, 3.05) is 0 Å². The predicted molar refractivity (Wildman–Crippen MR) is 95.3 cm³/mol. The molecule has 6 heteroatoms. The quantitative estimate of drug-likeness (QED) is 0.612. The van der Waals surface area contributed by atoms with Gasteiger partial charge in [-0.25, -0.2) is 0 Å². The first-order valence-corrected chi connectivity index (χ1v) is 8.77. The second-order valence-corrected chi connectivity index (χ2v) is 6.48. The summed E-state index contributed by atoms with van der Waals surface area (Å²) in [5.41, 5.74) is 4.01. The van der Waals surface area contributed by atoms with Gasteiger partial charge in [-0.3, -0.25) is 0 Å². The van der Waals surface area contributed by atoms with Gasteiger partial charge < -0.3 is 9.15 Å². The zero-order valence-electron chi connectivity index (χ0n) is 14.0. The van der Waals surface area contributed by atoms with Gasteiger partial charge in [-0.2, -0.15) is 5.26 Å². The Balaban J connectivity index is 1.57. The van der Waals surface area contributed by atoms with E-state index in [1.165, 1.54) is 22.9 Å². The standard InChI is InChI=1S/C19H17N3O2S/c1-13-7-8-17(9-14(13)2)23-11-18-21-22-19(24-18)25-12-16-6-4-3-5-15(16)10-20/h3-9H,11-12H2,1-2H3. The molecule has 0 N–H and O–H groups in total. The van der Waals surface area contributed by atoms with Crippen LogP contribution in [0.25, 0.3) is 0 Å². The third kappa shape index (κ3) is 4.40. The molecule has 1 heterocycles. The van der Waals surface area contributed by atoms with Crippen LogP contribution in [-0.2, 0) is 12.4 Å². The summed E-state index contributed by atoms with van der Waals surface area (Å²) in [6.07, 6.45) is 0. The lowest BCUT2D eigenvalue weighted by Gasteiger charge is -2.05. The Labute approximate surface area is 150 Å². The second kappa shape index (κ2) is 7.86. The number of rotatable bonds is 6. The first-order chi connectivity index (χ1) is 12.2. The SMILES string of the molecule is Cc1ccc(OCc2nnc(SCc3ccccc3C#N)o2)cc1C. The third-order valence-corrected chi connectivity index (χ3v) is 4.65. The van der Waals surface area contributed by atoms with Crippen molar-refractivity contribution in [3.05, 3.63) is 70.6 Å². The molecule has 0 radical (unpaired) electrons. The minimum atomic E-state index is 0.227. The maximum absolute atomic E-state index is 9.11. The Kier molecular flexibility index (Phi) is 5.36. The molecule has 0 saturated heterocycles. The van der Waals surface area contributed by atoms with Gasteiger partial charge in [-0.05, 0) is 48.7 Å². The summed E-state index contributed by atoms with van der Waals surface area (Å²) in [4.78, 5) is 0. The fourth-order valence-corrected chi connectivity index (χ4v) is 2.98. The Morgan fingerprint density at radius 2 is 1.96 bits per heavy atom. The van der Waals surface area contributed by atoms with Crippen LogP contribution in [0.1, 0.15) is 28.1 Å². The molecule has 5 nitrogen and oxygen atoms in total. The highest BCUT2D eigenvalue weighted by Gasteiger charge is 2.09. The second-order valence-electron chi connectivity index (χ2n) is 5.55. The minimum Gasteiger partial charge on any atom is -0.484 e. The molecule has 1 aromatic heterocycles. The van der Waals surface area contributed by atoms with E-state index in [-0.39, 0.29) is 6.61 Å². The number of aromatic nitrogens is 2. The largest absolute Gasteiger partial charge is 0.484 e. The zero-order valence-corrected chi connectivity index (χ0v) is 14.8. The molecule has 0 atom stereocenters. The van der Waals surface area contributed by atoms with Gasteiger partial charge >= 0.3 is 0 Å². The highest BCUT2D eigenvalue weighted by atomic mass is 32.2. The first kappa shape index (κ1) is 17.1. The number of nitrogens with zero attached hydrogens (tertiary/aromatic N) is 3. The molecule has 0 aliphatic rings. The number of hydrogen-bond donors (Lipinski definition) is 0. The summed E-state index contributed by atoms with van der Waals surface area (Å²) in [5.74, 6) is 1.80. The van der Waals surface area contributed by atoms with E-state index >= 15 is 0 Å². The van der Waals surface area contributed by atoms with Crippen LogP contribution in [0.15, 0.2) is 52.1 Å². The van der Waals surface area contributed by atoms with Gasteiger partial charge in [0, 0.05) is 5.75 Å². The Morgan fingerprint density at radius 1 is 1.12 bits per heavy atom. The van der Waals surface area contributed by atoms with Crippen LogP contribution in [0.2, 0.25) is 0 Å². The number of thioether (sulfide) groups is 1. The molecule has 3 rings (SSSR count). The smallest absolute Gasteiger partial charge is 0.277 e. The van der Waals surface area contributed by atoms with E-state index in [2.05, 4.69) is 23.2 Å². The lowest BCUT2D eigenvalue weighted by atomic mass is 10.1. The van der Waals surface area contributed by atoms with Crippen molar-refractivity contribution in [1.29, 1.82) is 5.26 Å². The highest BCUT2D eigenvalue weighted by Crippen LogP contribution is 2.24. The van der Waals surface area contributed by atoms with Crippen LogP contribution >= 0.6 is 11.8 Å². The molecular weight excluding hydrogens is 334 g/mol. The van der Waals surface area contributed by atoms with Crippen LogP contribution in [0.5, 0.6) is 5.75 Å². The number of nitriles is 1. The van der Waals surface area contributed by atoms with E-state index in [1.807, 2.05) is 43.3 Å². The maximum Gasteiger partial charge on any atom is 0.277 e. The summed E-state index contributed by atoms with van der Waals surface area (Å²) in [6.45, 7) is 4.33. The molecule has 0 aliphatic heterocycles. The van der Waals surface area contributed by atoms with Crippen molar-refractivity contribution in [3.8, 4) is 11.8 Å². The molecule has 126 valence electrons. The predicted octanol–water partition coefficient (Wildman–Crippen LogP) is 4.43. The average Bonchev–Trinajstić information content (AvgIpc) is 3.09. The van der Waals surface area contributed by atoms with E-state index in [0.717, 1.165) is 11.3 Å². The summed E-state index contributed by atoms with van der Waals surface area (Å²) in [5, 5.41) is 17.6. The van der Waals surface area contributed by atoms with Crippen molar-refractivity contribution < 1.29 is 9.15 Å². The summed E-state index contributed by atoms with van der Waals surface area (Å²) in [7, 11) is 0. The monoisotopic (exact) mass is 351 g/mol. The Morgan fingerprint density at radius 3 is 2.76 bits per heavy atom. The van der Waals surface area contributed by atoms with Crippen LogP contribution < -0.4 is 4.74 Å². The minimum absolute atomic E-state index is 0.227. The lowest BCUT2D eigenvalue weighted by Crippen LogP contribution is -1.96. The van der Waals surface area contributed by atoms with Crippen molar-refractivity contribution >= 4 is 11.8 Å². The van der Waals surface area contributed by atoms with E-state index in [1.54, 1.807) is 6.07 Å². The fourth-order valence-electron chi connectivity index (χ4n) is 2.20. The molecule has 0 bridgehead atoms. The Bertz CT molecular complexity index is 915. The van der Waals surface area contributed by atoms with E-state index in [9.17, 15) is 0 Å². The zero-order chi connectivity index (χ0) is 17.6. The van der Waals surface area contributed by atoms with Gasteiger partial charge in [0.05, 0.1) is 11.6 Å². The van der Waals surface area contributed by atoms with Gasteiger partial charge in [-0.15, -0.1) is 10.2 Å². The van der Waals surface area contributed by atoms with Gasteiger partial charge in [0.15, 0.2) is 6.61 Å². The number of hydrogen-bond acceptors (Lipinski definition) is 6. The normalized spacial score (nSPS) is 10.4.